The van der Waals surface area contributed by atoms with E-state index in [2.05, 4.69) is 10.3 Å². The Kier molecular flexibility index (Phi) is 7.05. The Labute approximate surface area is 155 Å². The Morgan fingerprint density at radius 2 is 1.96 bits per heavy atom. The summed E-state index contributed by atoms with van der Waals surface area (Å²) >= 11 is 0. The number of aromatic nitrogens is 1. The van der Waals surface area contributed by atoms with Crippen LogP contribution in [-0.4, -0.2) is 29.9 Å². The number of fused-ring (bicyclic) bond motifs is 1. The number of nitrogens with zero attached hydrogens (tertiary/aromatic N) is 1. The molecule has 1 aromatic carbocycles. The molecule has 0 spiro atoms. The Hall–Kier alpha value is -1.57. The van der Waals surface area contributed by atoms with Crippen molar-refractivity contribution in [3.05, 3.63) is 41.3 Å². The molecular weight excluding hydrogens is 378 g/mol. The van der Waals surface area contributed by atoms with Crippen LogP contribution >= 0.6 is 24.8 Å². The molecule has 1 aliphatic rings. The van der Waals surface area contributed by atoms with Crippen LogP contribution in [0.1, 0.15) is 34.8 Å². The average Bonchev–Trinajstić information content (AvgIpc) is 3.36. The molecule has 2 aromatic rings. The number of carbonyl (C=O) groups is 1. The summed E-state index contributed by atoms with van der Waals surface area (Å²) in [6, 6.07) is 5.50. The molecule has 3 rings (SSSR count). The van der Waals surface area contributed by atoms with Crippen molar-refractivity contribution in [1.82, 2.24) is 10.3 Å². The predicted octanol–water partition coefficient (Wildman–Crippen LogP) is 3.42. The second-order valence-corrected chi connectivity index (χ2v) is 5.77. The zero-order valence-corrected chi connectivity index (χ0v) is 14.7. The minimum absolute atomic E-state index is 0. The fourth-order valence-electron chi connectivity index (χ4n) is 2.37. The van der Waals surface area contributed by atoms with E-state index in [9.17, 15) is 18.0 Å². The molecule has 3 N–H and O–H groups in total. The quantitative estimate of drug-likeness (QED) is 0.814. The molecule has 1 heterocycles. The average molecular weight is 396 g/mol. The molecule has 138 valence electrons. The molecule has 9 heteroatoms. The molecule has 1 amide bonds. The summed E-state index contributed by atoms with van der Waals surface area (Å²) in [5.41, 5.74) is 6.32. The number of benzene rings is 1. The van der Waals surface area contributed by atoms with Crippen LogP contribution in [0.15, 0.2) is 24.3 Å². The fraction of sp³-hybridized carbons (Fsp3) is 0.375. The second kappa shape index (κ2) is 8.21. The number of alkyl halides is 2. The summed E-state index contributed by atoms with van der Waals surface area (Å²) in [7, 11) is 0. The maximum Gasteiger partial charge on any atom is 0.277 e. The van der Waals surface area contributed by atoms with Crippen molar-refractivity contribution in [3.8, 4) is 0 Å². The Morgan fingerprint density at radius 3 is 2.56 bits per heavy atom. The fourth-order valence-corrected chi connectivity index (χ4v) is 2.37. The summed E-state index contributed by atoms with van der Waals surface area (Å²) in [6.45, 7) is -1.72. The first kappa shape index (κ1) is 21.5. The van der Waals surface area contributed by atoms with E-state index in [-0.39, 0.29) is 36.3 Å². The van der Waals surface area contributed by atoms with Gasteiger partial charge in [-0.2, -0.15) is 0 Å². The van der Waals surface area contributed by atoms with E-state index in [1.807, 2.05) is 0 Å². The maximum atomic E-state index is 13.5. The van der Waals surface area contributed by atoms with Gasteiger partial charge in [0.1, 0.15) is 5.82 Å². The van der Waals surface area contributed by atoms with Crippen LogP contribution in [0, 0.1) is 5.82 Å². The van der Waals surface area contributed by atoms with E-state index in [0.29, 0.717) is 10.9 Å². The highest BCUT2D eigenvalue weighted by Gasteiger charge is 2.29. The molecular formula is C16H18Cl2F3N3O. The lowest BCUT2D eigenvalue weighted by atomic mass is 10.0. The van der Waals surface area contributed by atoms with Crippen LogP contribution < -0.4 is 11.1 Å². The molecule has 4 nitrogen and oxygen atoms in total. The van der Waals surface area contributed by atoms with Crippen LogP contribution in [0.3, 0.4) is 0 Å². The van der Waals surface area contributed by atoms with Gasteiger partial charge in [0.15, 0.2) is 0 Å². The molecule has 0 atom stereocenters. The van der Waals surface area contributed by atoms with Crippen molar-refractivity contribution in [2.24, 2.45) is 5.73 Å². The molecule has 0 radical (unpaired) electrons. The van der Waals surface area contributed by atoms with Crippen molar-refractivity contribution >= 4 is 41.6 Å². The van der Waals surface area contributed by atoms with Crippen LogP contribution in [0.4, 0.5) is 13.2 Å². The van der Waals surface area contributed by atoms with Gasteiger partial charge in [0.2, 0.25) is 0 Å². The van der Waals surface area contributed by atoms with E-state index in [4.69, 9.17) is 5.73 Å². The van der Waals surface area contributed by atoms with Gasteiger partial charge in [-0.05, 0) is 37.1 Å². The summed E-state index contributed by atoms with van der Waals surface area (Å²) in [5.74, 6) is -4.09. The van der Waals surface area contributed by atoms with Crippen molar-refractivity contribution in [3.63, 3.8) is 0 Å². The highest BCUT2D eigenvalue weighted by molar-refractivity contribution is 6.06. The number of carbonyl (C=O) groups excluding carboxylic acids is 1. The van der Waals surface area contributed by atoms with Gasteiger partial charge in [-0.25, -0.2) is 13.2 Å². The first-order valence-corrected chi connectivity index (χ1v) is 7.36. The number of hydrogen-bond donors (Lipinski definition) is 2. The summed E-state index contributed by atoms with van der Waals surface area (Å²) < 4.78 is 39.9. The number of amides is 1. The van der Waals surface area contributed by atoms with Gasteiger partial charge in [-0.3, -0.25) is 9.78 Å². The zero-order chi connectivity index (χ0) is 16.6. The number of rotatable bonds is 5. The van der Waals surface area contributed by atoms with E-state index >= 15 is 0 Å². The van der Waals surface area contributed by atoms with Gasteiger partial charge >= 0.3 is 0 Å². The lowest BCUT2D eigenvalue weighted by molar-refractivity contribution is 0.0119. The largest absolute Gasteiger partial charge is 0.346 e. The second-order valence-electron chi connectivity index (χ2n) is 5.77. The Balaban J connectivity index is 0.00000156. The van der Waals surface area contributed by atoms with Gasteiger partial charge < -0.3 is 11.1 Å². The molecule has 0 aliphatic heterocycles. The third kappa shape index (κ3) is 4.96. The molecule has 0 unspecified atom stereocenters. The first-order valence-electron chi connectivity index (χ1n) is 7.36. The van der Waals surface area contributed by atoms with Crippen molar-refractivity contribution in [1.29, 1.82) is 0 Å². The van der Waals surface area contributed by atoms with Gasteiger partial charge in [-0.1, -0.05) is 0 Å². The number of halogens is 5. The SMILES string of the molecule is Cl.Cl.NCC(F)(F)CNC(=O)c1cc(C2CC2)nc2ccc(F)cc12. The first-order chi connectivity index (χ1) is 10.9. The summed E-state index contributed by atoms with van der Waals surface area (Å²) in [4.78, 5) is 16.7. The minimum atomic E-state index is -3.18. The molecule has 1 aliphatic carbocycles. The number of pyridine rings is 1. The smallest absolute Gasteiger partial charge is 0.277 e. The van der Waals surface area contributed by atoms with E-state index in [1.165, 1.54) is 18.2 Å². The summed E-state index contributed by atoms with van der Waals surface area (Å²) in [6.07, 6.45) is 1.96. The summed E-state index contributed by atoms with van der Waals surface area (Å²) in [5, 5.41) is 2.48. The van der Waals surface area contributed by atoms with Crippen LogP contribution in [0.5, 0.6) is 0 Å². The lowest BCUT2D eigenvalue weighted by Gasteiger charge is -2.15. The Morgan fingerprint density at radius 1 is 1.28 bits per heavy atom. The van der Waals surface area contributed by atoms with Crippen molar-refractivity contribution < 1.29 is 18.0 Å². The van der Waals surface area contributed by atoms with Gasteiger partial charge in [-0.15, -0.1) is 24.8 Å². The normalized spacial score (nSPS) is 13.8. The van der Waals surface area contributed by atoms with E-state index in [1.54, 1.807) is 6.07 Å². The van der Waals surface area contributed by atoms with Crippen molar-refractivity contribution in [2.75, 3.05) is 13.1 Å². The van der Waals surface area contributed by atoms with Crippen LogP contribution in [0.25, 0.3) is 10.9 Å². The molecule has 1 saturated carbocycles. The number of nitrogens with two attached hydrogens (primary N) is 1. The Bertz CT molecular complexity index is 770. The minimum Gasteiger partial charge on any atom is -0.346 e. The monoisotopic (exact) mass is 395 g/mol. The maximum absolute atomic E-state index is 13.5. The number of nitrogens with one attached hydrogen (secondary N) is 1. The standard InChI is InChI=1S/C16H16F3N3O.2ClH/c17-10-3-4-13-11(5-10)12(6-14(22-13)9-1-2-9)15(23)21-8-16(18,19)7-20;;/h3-6,9H,1-2,7-8,20H2,(H,21,23);2*1H. The zero-order valence-electron chi connectivity index (χ0n) is 13.1. The molecule has 1 aromatic heterocycles. The molecule has 0 saturated heterocycles. The van der Waals surface area contributed by atoms with E-state index in [0.717, 1.165) is 18.5 Å². The molecule has 0 bridgehead atoms. The highest BCUT2D eigenvalue weighted by atomic mass is 35.5. The van der Waals surface area contributed by atoms with Crippen molar-refractivity contribution in [2.45, 2.75) is 24.7 Å². The highest BCUT2D eigenvalue weighted by Crippen LogP contribution is 2.40. The predicted molar refractivity (Wildman–Crippen MR) is 94.5 cm³/mol. The van der Waals surface area contributed by atoms with Gasteiger partial charge in [0.05, 0.1) is 24.2 Å². The van der Waals surface area contributed by atoms with E-state index < -0.39 is 30.7 Å². The third-order valence-corrected chi connectivity index (χ3v) is 3.84. The lowest BCUT2D eigenvalue weighted by Crippen LogP contribution is -2.41. The molecule has 25 heavy (non-hydrogen) atoms. The van der Waals surface area contributed by atoms with Crippen LogP contribution in [-0.2, 0) is 0 Å². The molecule has 1 fully saturated rings. The van der Waals surface area contributed by atoms with Gasteiger partial charge in [0, 0.05) is 17.0 Å². The third-order valence-electron chi connectivity index (χ3n) is 3.84. The van der Waals surface area contributed by atoms with Gasteiger partial charge in [0.25, 0.3) is 11.8 Å². The topological polar surface area (TPSA) is 68.0 Å². The number of hydrogen-bond acceptors (Lipinski definition) is 3. The van der Waals surface area contributed by atoms with Crippen LogP contribution in [0.2, 0.25) is 0 Å².